The minimum Gasteiger partial charge on any atom is -0.379 e. The highest BCUT2D eigenvalue weighted by Gasteiger charge is 2.20. The van der Waals surface area contributed by atoms with E-state index in [2.05, 4.69) is 5.32 Å². The highest BCUT2D eigenvalue weighted by atomic mass is 16.5. The molecule has 5 heteroatoms. The molecule has 2 atom stereocenters. The van der Waals surface area contributed by atoms with Crippen molar-refractivity contribution in [3.05, 3.63) is 0 Å². The third-order valence-electron chi connectivity index (χ3n) is 2.48. The number of hydrogen-bond acceptors (Lipinski definition) is 4. The van der Waals surface area contributed by atoms with E-state index in [0.717, 1.165) is 0 Å². The largest absolute Gasteiger partial charge is 0.379 e. The van der Waals surface area contributed by atoms with Gasteiger partial charge >= 0.3 is 0 Å². The van der Waals surface area contributed by atoms with Gasteiger partial charge in [0.2, 0.25) is 5.91 Å². The van der Waals surface area contributed by atoms with E-state index in [1.807, 2.05) is 27.7 Å². The van der Waals surface area contributed by atoms with Gasteiger partial charge in [-0.25, -0.2) is 0 Å². The molecule has 18 heavy (non-hydrogen) atoms. The number of Topliss-reactive ketones (excluding diaryl/α,β-unsaturated/α-hetero) is 1. The van der Waals surface area contributed by atoms with E-state index in [0.29, 0.717) is 13.2 Å². The summed E-state index contributed by atoms with van der Waals surface area (Å²) in [6, 6.07) is -0.441. The Morgan fingerprint density at radius 2 is 1.83 bits per heavy atom. The van der Waals surface area contributed by atoms with Crippen molar-refractivity contribution in [2.24, 2.45) is 5.92 Å². The predicted molar refractivity (Wildman–Crippen MR) is 69.4 cm³/mol. The molecule has 0 bridgehead atoms. The lowest BCUT2D eigenvalue weighted by atomic mass is 10.0. The maximum Gasteiger partial charge on any atom is 0.246 e. The summed E-state index contributed by atoms with van der Waals surface area (Å²) >= 11 is 0. The summed E-state index contributed by atoms with van der Waals surface area (Å²) in [4.78, 5) is 22.9. The Kier molecular flexibility index (Phi) is 8.58. The molecule has 0 spiro atoms. The molecule has 0 radical (unpaired) electrons. The van der Waals surface area contributed by atoms with Crippen molar-refractivity contribution in [1.82, 2.24) is 5.32 Å². The highest BCUT2D eigenvalue weighted by Crippen LogP contribution is 2.02. The van der Waals surface area contributed by atoms with Crippen LogP contribution in [0.3, 0.4) is 0 Å². The molecule has 2 unspecified atom stereocenters. The molecule has 0 fully saturated rings. The van der Waals surface area contributed by atoms with Gasteiger partial charge < -0.3 is 14.8 Å². The van der Waals surface area contributed by atoms with Gasteiger partial charge in [0, 0.05) is 6.61 Å². The van der Waals surface area contributed by atoms with Gasteiger partial charge in [-0.1, -0.05) is 13.8 Å². The lowest BCUT2D eigenvalue weighted by Crippen LogP contribution is -2.45. The molecule has 0 aromatic rings. The molecule has 0 saturated heterocycles. The molecule has 0 heterocycles. The lowest BCUT2D eigenvalue weighted by Gasteiger charge is -2.20. The van der Waals surface area contributed by atoms with Crippen LogP contribution in [0.2, 0.25) is 0 Å². The number of carbonyl (C=O) groups excluding carboxylic acids is 2. The molecule has 5 nitrogen and oxygen atoms in total. The highest BCUT2D eigenvalue weighted by molar-refractivity contribution is 5.88. The predicted octanol–water partition coefficient (Wildman–Crippen LogP) is 1.16. The Morgan fingerprint density at radius 1 is 1.22 bits per heavy atom. The third-order valence-corrected chi connectivity index (χ3v) is 2.48. The first-order valence-electron chi connectivity index (χ1n) is 6.37. The van der Waals surface area contributed by atoms with Crippen LogP contribution >= 0.6 is 0 Å². The van der Waals surface area contributed by atoms with Gasteiger partial charge in [0.05, 0.1) is 18.8 Å². The number of ketones is 1. The van der Waals surface area contributed by atoms with Gasteiger partial charge in [0.25, 0.3) is 0 Å². The molecule has 0 aliphatic rings. The van der Waals surface area contributed by atoms with Crippen molar-refractivity contribution < 1.29 is 19.1 Å². The molecule has 106 valence electrons. The summed E-state index contributed by atoms with van der Waals surface area (Å²) in [7, 11) is 0. The van der Waals surface area contributed by atoms with Crippen LogP contribution in [0.5, 0.6) is 0 Å². The Bertz CT molecular complexity index is 266. The van der Waals surface area contributed by atoms with Crippen molar-refractivity contribution in [3.63, 3.8) is 0 Å². The second-order valence-corrected chi connectivity index (χ2v) is 4.68. The Morgan fingerprint density at radius 3 is 2.28 bits per heavy atom. The van der Waals surface area contributed by atoms with Crippen LogP contribution < -0.4 is 5.32 Å². The zero-order chi connectivity index (χ0) is 14.1. The first kappa shape index (κ1) is 17.1. The van der Waals surface area contributed by atoms with Gasteiger partial charge in [0.1, 0.15) is 6.61 Å². The van der Waals surface area contributed by atoms with E-state index >= 15 is 0 Å². The second-order valence-electron chi connectivity index (χ2n) is 4.68. The van der Waals surface area contributed by atoms with E-state index < -0.39 is 6.04 Å². The standard InChI is InChI=1S/C13H25NO4/c1-6-17-7-10(4)18-8-12(16)14-13(9(2)3)11(5)15/h9-10,13H,6-8H2,1-5H3,(H,14,16). The normalized spacial score (nSPS) is 14.3. The van der Waals surface area contributed by atoms with Crippen molar-refractivity contribution >= 4 is 11.7 Å². The molecule has 0 aliphatic heterocycles. The average molecular weight is 259 g/mol. The molecular weight excluding hydrogens is 234 g/mol. The topological polar surface area (TPSA) is 64.6 Å². The summed E-state index contributed by atoms with van der Waals surface area (Å²) in [5, 5.41) is 2.67. The van der Waals surface area contributed by atoms with Crippen molar-refractivity contribution in [1.29, 1.82) is 0 Å². The molecule has 0 aliphatic carbocycles. The SMILES string of the molecule is CCOCC(C)OCC(=O)NC(C(C)=O)C(C)C. The number of hydrogen-bond donors (Lipinski definition) is 1. The van der Waals surface area contributed by atoms with Gasteiger partial charge in [0.15, 0.2) is 5.78 Å². The zero-order valence-electron chi connectivity index (χ0n) is 12.0. The maximum absolute atomic E-state index is 11.6. The van der Waals surface area contributed by atoms with Crippen LogP contribution in [0.1, 0.15) is 34.6 Å². The fourth-order valence-corrected chi connectivity index (χ4v) is 1.50. The van der Waals surface area contributed by atoms with Crippen LogP contribution in [0.15, 0.2) is 0 Å². The molecule has 0 aromatic heterocycles. The summed E-state index contributed by atoms with van der Waals surface area (Å²) < 4.78 is 10.5. The minimum absolute atomic E-state index is 0.0410. The van der Waals surface area contributed by atoms with Crippen LogP contribution in [-0.4, -0.2) is 43.7 Å². The first-order valence-corrected chi connectivity index (χ1v) is 6.37. The Labute approximate surface area is 109 Å². The summed E-state index contributed by atoms with van der Waals surface area (Å²) in [5.41, 5.74) is 0. The Hall–Kier alpha value is -0.940. The van der Waals surface area contributed by atoms with Crippen molar-refractivity contribution in [2.75, 3.05) is 19.8 Å². The number of rotatable bonds is 9. The van der Waals surface area contributed by atoms with Gasteiger partial charge in [-0.3, -0.25) is 9.59 Å². The monoisotopic (exact) mass is 259 g/mol. The van der Waals surface area contributed by atoms with Crippen LogP contribution in [0, 0.1) is 5.92 Å². The van der Waals surface area contributed by atoms with E-state index in [1.165, 1.54) is 6.92 Å². The summed E-state index contributed by atoms with van der Waals surface area (Å²) in [6.07, 6.45) is -0.134. The molecule has 0 aromatic carbocycles. The average Bonchev–Trinajstić information content (AvgIpc) is 2.29. The fourth-order valence-electron chi connectivity index (χ4n) is 1.50. The summed E-state index contributed by atoms with van der Waals surface area (Å²) in [5.74, 6) is -0.236. The van der Waals surface area contributed by atoms with E-state index in [9.17, 15) is 9.59 Å². The van der Waals surface area contributed by atoms with E-state index in [4.69, 9.17) is 9.47 Å². The summed E-state index contributed by atoms with van der Waals surface area (Å²) in [6.45, 7) is 10.0. The Balaban J connectivity index is 3.99. The lowest BCUT2D eigenvalue weighted by molar-refractivity contribution is -0.133. The number of carbonyl (C=O) groups is 2. The van der Waals surface area contributed by atoms with Crippen LogP contribution in [0.25, 0.3) is 0 Å². The number of amides is 1. The van der Waals surface area contributed by atoms with Crippen molar-refractivity contribution in [2.45, 2.75) is 46.8 Å². The van der Waals surface area contributed by atoms with Gasteiger partial charge in [-0.05, 0) is 26.7 Å². The fraction of sp³-hybridized carbons (Fsp3) is 0.846. The number of ether oxygens (including phenoxy) is 2. The zero-order valence-corrected chi connectivity index (χ0v) is 12.0. The molecule has 1 amide bonds. The van der Waals surface area contributed by atoms with E-state index in [1.54, 1.807) is 0 Å². The molecule has 0 saturated carbocycles. The van der Waals surface area contributed by atoms with Crippen molar-refractivity contribution in [3.8, 4) is 0 Å². The van der Waals surface area contributed by atoms with Crippen LogP contribution in [-0.2, 0) is 19.1 Å². The maximum atomic E-state index is 11.6. The third kappa shape index (κ3) is 7.40. The molecule has 0 rings (SSSR count). The van der Waals surface area contributed by atoms with Gasteiger partial charge in [-0.15, -0.1) is 0 Å². The van der Waals surface area contributed by atoms with Crippen LogP contribution in [0.4, 0.5) is 0 Å². The quantitative estimate of drug-likeness (QED) is 0.675. The second kappa shape index (κ2) is 9.05. The number of nitrogens with one attached hydrogen (secondary N) is 1. The van der Waals surface area contributed by atoms with Gasteiger partial charge in [-0.2, -0.15) is 0 Å². The molecular formula is C13H25NO4. The first-order chi connectivity index (χ1) is 8.38. The molecule has 1 N–H and O–H groups in total. The van der Waals surface area contributed by atoms with E-state index in [-0.39, 0.29) is 30.3 Å². The smallest absolute Gasteiger partial charge is 0.246 e. The minimum atomic E-state index is -0.441.